The number of carboxylic acids is 4. The van der Waals surface area contributed by atoms with Gasteiger partial charge < -0.3 is 126 Å². The number of carbonyl (C=O) groups excluding carboxylic acids is 4. The largest absolute Gasteiger partial charge is 3.00 e. The molecule has 4 aromatic heterocycles. The molecule has 3 aromatic carbocycles. The van der Waals surface area contributed by atoms with Crippen molar-refractivity contribution in [1.82, 2.24) is 19.9 Å². The van der Waals surface area contributed by atoms with E-state index in [-0.39, 0.29) is 121 Å². The number of carbonyl (C=O) groups is 4. The van der Waals surface area contributed by atoms with Crippen LogP contribution < -0.4 is 30.2 Å². The van der Waals surface area contributed by atoms with Gasteiger partial charge in [0.1, 0.15) is 0 Å². The first-order valence-electron chi connectivity index (χ1n) is 15.7. The SMILES string of the molecule is O.O.O.O.O.O.O.O.O.O.O.O.O=C([O-])CN(CC(=O)[O-])c1ccc(N(CC(=O)[O-])CC(=O)[O-])cc1.[Ni+3].[Ni+3].[OH3+].[OH3+].c1cnc2c(c1)ccc1cccnc12.c1cnc2c(c1)ccc1cccnc12. The number of aromatic nitrogens is 4. The molecule has 2 radical (unpaired) electrons. The number of anilines is 2. The number of rotatable bonds is 10. The molecule has 0 aliphatic rings. The van der Waals surface area contributed by atoms with Crippen LogP contribution >= 0.6 is 0 Å². The van der Waals surface area contributed by atoms with Crippen LogP contribution in [0, 0.1) is 0 Å². The zero-order valence-corrected chi connectivity index (χ0v) is 37.1. The molecule has 68 heavy (non-hydrogen) atoms. The van der Waals surface area contributed by atoms with Gasteiger partial charge in [-0.3, -0.25) is 19.9 Å². The van der Waals surface area contributed by atoms with Crippen molar-refractivity contribution in [2.24, 2.45) is 0 Å². The Kier molecular flexibility index (Phi) is 59.4. The van der Waals surface area contributed by atoms with Crippen molar-refractivity contribution >= 4 is 78.9 Å². The van der Waals surface area contributed by atoms with Crippen LogP contribution in [-0.2, 0) is 63.1 Å². The zero-order valence-electron chi connectivity index (χ0n) is 35.1. The van der Waals surface area contributed by atoms with Crippen LogP contribution in [0.5, 0.6) is 0 Å². The molecule has 0 saturated carbocycles. The van der Waals surface area contributed by atoms with Gasteiger partial charge in [-0.1, -0.05) is 48.5 Å². The maximum atomic E-state index is 10.7. The molecule has 0 fully saturated rings. The Morgan fingerprint density at radius 1 is 0.338 bits per heavy atom. The molecule has 0 atom stereocenters. The molecule has 28 nitrogen and oxygen atoms in total. The van der Waals surface area contributed by atoms with Gasteiger partial charge in [-0.2, -0.15) is 0 Å². The smallest absolute Gasteiger partial charge is 0.548 e. The third-order valence-corrected chi connectivity index (χ3v) is 7.55. The van der Waals surface area contributed by atoms with E-state index in [1.165, 1.54) is 24.3 Å². The van der Waals surface area contributed by atoms with Gasteiger partial charge in [-0.25, -0.2) is 0 Å². The van der Waals surface area contributed by atoms with Crippen LogP contribution in [0.15, 0.2) is 122 Å². The molecule has 30 N–H and O–H groups in total. The third-order valence-electron chi connectivity index (χ3n) is 7.55. The fourth-order valence-electron chi connectivity index (χ4n) is 5.33. The molecule has 388 valence electrons. The van der Waals surface area contributed by atoms with Gasteiger partial charge in [0.05, 0.1) is 72.1 Å². The predicted molar refractivity (Wildman–Crippen MR) is 238 cm³/mol. The van der Waals surface area contributed by atoms with Gasteiger partial charge >= 0.3 is 33.0 Å². The van der Waals surface area contributed by atoms with Crippen molar-refractivity contribution < 1.29 is 149 Å². The van der Waals surface area contributed by atoms with E-state index in [0.717, 1.165) is 53.4 Å². The summed E-state index contributed by atoms with van der Waals surface area (Å²) in [7, 11) is 0. The van der Waals surface area contributed by atoms with E-state index >= 15 is 0 Å². The average Bonchev–Trinajstić information content (AvgIpc) is 3.14. The molecule has 0 unspecified atom stereocenters. The standard InChI is InChI=1S/C14H16N2O8.2C12H8N2.2Ni.14H2O/c17-11(18)5-15(6-12(19)20)9-1-2-10(4-3-9)16(7-13(21)22)8-14(23)24;2*1-3-9-5-6-10-4-2-8-14-12(10)11(9)13-7-1;;;;;;;;;;;;;;;;/h1-4H,5-8H2,(H,17,18)(H,19,20)(H,21,22)(H,23,24);2*1-8H;;;14*1H2/q;;;2*+3;;;;;;;;;;;;;;/p-2. The molecule has 0 aliphatic carbocycles. The molecule has 7 rings (SSSR count). The molecule has 0 bridgehead atoms. The maximum absolute atomic E-state index is 10.7. The Balaban J connectivity index is -0.0000000637. The summed E-state index contributed by atoms with van der Waals surface area (Å²) in [6.45, 7) is -2.80. The van der Waals surface area contributed by atoms with Crippen molar-refractivity contribution in [2.75, 3.05) is 36.0 Å². The summed E-state index contributed by atoms with van der Waals surface area (Å²) < 4.78 is 0. The Morgan fingerprint density at radius 3 is 0.676 bits per heavy atom. The van der Waals surface area contributed by atoms with Crippen LogP contribution in [0.4, 0.5) is 11.4 Å². The van der Waals surface area contributed by atoms with Crippen molar-refractivity contribution in [1.29, 1.82) is 0 Å². The third kappa shape index (κ3) is 25.2. The Hall–Kier alpha value is -6.79. The van der Waals surface area contributed by atoms with Crippen molar-refractivity contribution in [3.05, 3.63) is 122 Å². The zero-order chi connectivity index (χ0) is 37.0. The molecular weight excluding hydrogens is 1010 g/mol. The fraction of sp³-hybridized carbons (Fsp3) is 0.105. The predicted octanol–water partition coefficient (Wildman–Crippen LogP) is -11.9. The fourth-order valence-corrected chi connectivity index (χ4v) is 5.33. The molecule has 0 amide bonds. The van der Waals surface area contributed by atoms with Crippen molar-refractivity contribution in [3.63, 3.8) is 0 Å². The Bertz CT molecular complexity index is 2100. The van der Waals surface area contributed by atoms with Gasteiger partial charge in [0.15, 0.2) is 0 Å². The number of hydrogen-bond acceptors (Lipinski definition) is 14. The van der Waals surface area contributed by atoms with Crippen LogP contribution in [-0.4, -0.2) is 136 Å². The van der Waals surface area contributed by atoms with E-state index in [9.17, 15) is 39.6 Å². The summed E-state index contributed by atoms with van der Waals surface area (Å²) in [5, 5.41) is 47.2. The summed E-state index contributed by atoms with van der Waals surface area (Å²) in [4.78, 5) is 62.0. The monoisotopic (exact) mass is 1070 g/mol. The number of nitrogens with zero attached hydrogens (tertiary/aromatic N) is 6. The minimum Gasteiger partial charge on any atom is -0.548 e. The molecule has 7 aromatic rings. The van der Waals surface area contributed by atoms with Crippen LogP contribution in [0.3, 0.4) is 0 Å². The van der Waals surface area contributed by atoms with E-state index in [0.29, 0.717) is 0 Å². The van der Waals surface area contributed by atoms with E-state index in [2.05, 4.69) is 68.5 Å². The normalized spacial score (nSPS) is 8.00. The first-order chi connectivity index (χ1) is 25.1. The van der Waals surface area contributed by atoms with E-state index < -0.39 is 50.1 Å². The number of carboxylic acid groups (broad SMARTS) is 4. The number of aliphatic carboxylic acids is 4. The van der Waals surface area contributed by atoms with Crippen molar-refractivity contribution in [3.8, 4) is 0 Å². The maximum Gasteiger partial charge on any atom is 3.00 e. The van der Waals surface area contributed by atoms with Crippen molar-refractivity contribution in [2.45, 2.75) is 0 Å². The van der Waals surface area contributed by atoms with Gasteiger partial charge in [0.2, 0.25) is 0 Å². The van der Waals surface area contributed by atoms with Gasteiger partial charge in [0.25, 0.3) is 0 Å². The average molecular weight is 1070 g/mol. The number of fused-ring (bicyclic) bond motifs is 6. The van der Waals surface area contributed by atoms with Gasteiger partial charge in [-0.15, -0.1) is 0 Å². The molecule has 0 saturated heterocycles. The topological polar surface area (TPSA) is 663 Å². The number of hydrogen-bond donors (Lipinski definition) is 0. The summed E-state index contributed by atoms with van der Waals surface area (Å²) in [5.74, 6) is -6.02. The Morgan fingerprint density at radius 2 is 0.515 bits per heavy atom. The molecule has 30 heteroatoms. The summed E-state index contributed by atoms with van der Waals surface area (Å²) in [5.41, 5.74) is 4.29. The van der Waals surface area contributed by atoms with E-state index in [1.54, 1.807) is 24.8 Å². The van der Waals surface area contributed by atoms with Crippen LogP contribution in [0.25, 0.3) is 43.6 Å². The van der Waals surface area contributed by atoms with E-state index in [1.807, 2.05) is 24.3 Å². The number of benzene rings is 3. The Labute approximate surface area is 404 Å². The minimum absolute atomic E-state index is 0. The van der Waals surface area contributed by atoms with Gasteiger partial charge in [-0.05, 0) is 48.5 Å². The first kappa shape index (κ1) is 91.6. The van der Waals surface area contributed by atoms with Crippen LogP contribution in [0.2, 0.25) is 0 Å². The second-order valence-electron chi connectivity index (χ2n) is 11.1. The van der Waals surface area contributed by atoms with Gasteiger partial charge in [0, 0.05) is 57.7 Å². The van der Waals surface area contributed by atoms with Crippen LogP contribution in [0.1, 0.15) is 0 Å². The quantitative estimate of drug-likeness (QED) is 0.0698. The second kappa shape index (κ2) is 44.1. The first-order valence-corrected chi connectivity index (χ1v) is 15.7. The molecular formula is C38H58N6Ni2O22+4. The summed E-state index contributed by atoms with van der Waals surface area (Å²) in [6, 6.07) is 29.5. The van der Waals surface area contributed by atoms with E-state index in [4.69, 9.17) is 0 Å². The minimum atomic E-state index is -1.50. The molecule has 0 aliphatic heterocycles. The summed E-state index contributed by atoms with van der Waals surface area (Å²) in [6.07, 6.45) is 7.21. The second-order valence-corrected chi connectivity index (χ2v) is 11.1. The molecule has 0 spiro atoms. The molecule has 4 heterocycles. The number of pyridine rings is 4. The summed E-state index contributed by atoms with van der Waals surface area (Å²) >= 11 is 0.